The molecule has 1 rings (SSSR count). The van der Waals surface area contributed by atoms with E-state index in [0.29, 0.717) is 12.8 Å². The number of amides is 1. The predicted octanol–water partition coefficient (Wildman–Crippen LogP) is 17.7. The number of rotatable bonds is 62. The maximum atomic E-state index is 13.2. The standard InChI is InChI=1S/C67H131NO11S/c1-3-5-7-9-11-13-15-17-19-21-23-25-27-29-30-31-33-35-37-39-41-43-45-47-49-51-53-55-57-63(71)68-60(59-77-67-65(73)66(79-80(74,75)76)64(72)62(58-69)78-67)61(70)56-54-52-50-48-46-44-42-40-38-36-34-32-28-26-24-22-20-18-16-14-12-10-8-6-4-2/h29-30,60-62,64-67,69-70,72-73H,3-28,31-59H2,1-2H3,(H,68,71)(H,74,75,76)/b30-29-. The van der Waals surface area contributed by atoms with E-state index in [1.165, 1.54) is 276 Å². The average Bonchev–Trinajstić information content (AvgIpc) is 3.43. The Labute approximate surface area is 493 Å². The Kier molecular flexibility index (Phi) is 54.7. The molecule has 476 valence electrons. The summed E-state index contributed by atoms with van der Waals surface area (Å²) in [6.07, 6.45) is 62.4. The molecular weight excluding hydrogens is 1030 g/mol. The van der Waals surface area contributed by atoms with Crippen LogP contribution in [-0.2, 0) is 28.9 Å². The number of allylic oxidation sites excluding steroid dienone is 2. The zero-order chi connectivity index (χ0) is 58.3. The summed E-state index contributed by atoms with van der Waals surface area (Å²) in [7, 11) is -5.08. The van der Waals surface area contributed by atoms with E-state index in [4.69, 9.17) is 9.47 Å². The molecule has 0 saturated carbocycles. The van der Waals surface area contributed by atoms with Crippen molar-refractivity contribution in [1.29, 1.82) is 0 Å². The summed E-state index contributed by atoms with van der Waals surface area (Å²) in [5.41, 5.74) is 0. The summed E-state index contributed by atoms with van der Waals surface area (Å²) >= 11 is 0. The van der Waals surface area contributed by atoms with Crippen LogP contribution in [0.15, 0.2) is 12.2 Å². The molecule has 1 fully saturated rings. The van der Waals surface area contributed by atoms with E-state index in [1.54, 1.807) is 0 Å². The molecule has 7 atom stereocenters. The minimum Gasteiger partial charge on any atom is -0.394 e. The first-order chi connectivity index (χ1) is 39.0. The Balaban J connectivity index is 2.25. The zero-order valence-electron chi connectivity index (χ0n) is 52.2. The topological polar surface area (TPSA) is 192 Å². The number of carbonyl (C=O) groups excluding carboxylic acids is 1. The quantitative estimate of drug-likeness (QED) is 0.0193. The molecule has 12 nitrogen and oxygen atoms in total. The number of aliphatic hydroxyl groups is 4. The van der Waals surface area contributed by atoms with Gasteiger partial charge in [-0.25, -0.2) is 4.18 Å². The molecular formula is C67H131NO11S. The molecule has 1 aliphatic heterocycles. The monoisotopic (exact) mass is 1160 g/mol. The highest BCUT2D eigenvalue weighted by Crippen LogP contribution is 2.27. The molecule has 0 bridgehead atoms. The second kappa shape index (κ2) is 56.9. The van der Waals surface area contributed by atoms with Gasteiger partial charge >= 0.3 is 10.4 Å². The first kappa shape index (κ1) is 76.9. The molecule has 13 heteroatoms. The van der Waals surface area contributed by atoms with Crippen molar-refractivity contribution in [2.24, 2.45) is 0 Å². The predicted molar refractivity (Wildman–Crippen MR) is 333 cm³/mol. The second-order valence-corrected chi connectivity index (χ2v) is 25.5. The lowest BCUT2D eigenvalue weighted by Gasteiger charge is -2.41. The van der Waals surface area contributed by atoms with Crippen LogP contribution in [0.4, 0.5) is 0 Å². The fourth-order valence-corrected chi connectivity index (χ4v) is 12.0. The van der Waals surface area contributed by atoms with Gasteiger partial charge in [0.15, 0.2) is 6.29 Å². The normalized spacial score (nSPS) is 18.6. The van der Waals surface area contributed by atoms with E-state index in [9.17, 15) is 38.2 Å². The summed E-state index contributed by atoms with van der Waals surface area (Å²) < 4.78 is 48.1. The highest BCUT2D eigenvalue weighted by atomic mass is 32.3. The van der Waals surface area contributed by atoms with Gasteiger partial charge in [0.1, 0.15) is 24.4 Å². The Morgan fingerprint density at radius 2 is 0.800 bits per heavy atom. The van der Waals surface area contributed by atoms with Gasteiger partial charge in [0.05, 0.1) is 25.4 Å². The number of nitrogens with one attached hydrogen (secondary N) is 1. The number of aliphatic hydroxyl groups excluding tert-OH is 4. The summed E-state index contributed by atoms with van der Waals surface area (Å²) in [6, 6.07) is -0.858. The number of carbonyl (C=O) groups is 1. The van der Waals surface area contributed by atoms with Gasteiger partial charge in [0.2, 0.25) is 5.91 Å². The molecule has 1 amide bonds. The van der Waals surface area contributed by atoms with Crippen LogP contribution in [0, 0.1) is 0 Å². The van der Waals surface area contributed by atoms with Crippen molar-refractivity contribution in [3.63, 3.8) is 0 Å². The highest BCUT2D eigenvalue weighted by Gasteiger charge is 2.48. The highest BCUT2D eigenvalue weighted by molar-refractivity contribution is 7.80. The minimum atomic E-state index is -5.08. The van der Waals surface area contributed by atoms with Crippen molar-refractivity contribution in [1.82, 2.24) is 5.32 Å². The van der Waals surface area contributed by atoms with Gasteiger partial charge < -0.3 is 35.2 Å². The van der Waals surface area contributed by atoms with E-state index < -0.39 is 59.9 Å². The van der Waals surface area contributed by atoms with Crippen LogP contribution in [0.5, 0.6) is 0 Å². The number of unbranched alkanes of at least 4 members (excludes halogenated alkanes) is 48. The van der Waals surface area contributed by atoms with Gasteiger partial charge in [0.25, 0.3) is 0 Å². The third-order valence-electron chi connectivity index (χ3n) is 16.8. The van der Waals surface area contributed by atoms with Crippen LogP contribution in [0.2, 0.25) is 0 Å². The van der Waals surface area contributed by atoms with Gasteiger partial charge in [-0.05, 0) is 38.5 Å². The van der Waals surface area contributed by atoms with E-state index in [-0.39, 0.29) is 12.5 Å². The molecule has 0 aromatic heterocycles. The molecule has 0 spiro atoms. The lowest BCUT2D eigenvalue weighted by molar-refractivity contribution is -0.298. The molecule has 1 aliphatic rings. The van der Waals surface area contributed by atoms with E-state index >= 15 is 0 Å². The van der Waals surface area contributed by atoms with Crippen LogP contribution >= 0.6 is 0 Å². The van der Waals surface area contributed by atoms with E-state index in [2.05, 4.69) is 35.5 Å². The molecule has 0 radical (unpaired) electrons. The van der Waals surface area contributed by atoms with Crippen LogP contribution in [0.1, 0.15) is 354 Å². The van der Waals surface area contributed by atoms with Crippen molar-refractivity contribution in [2.45, 2.75) is 397 Å². The van der Waals surface area contributed by atoms with E-state index in [1.807, 2.05) is 0 Å². The second-order valence-electron chi connectivity index (χ2n) is 24.5. The zero-order valence-corrected chi connectivity index (χ0v) is 53.0. The van der Waals surface area contributed by atoms with E-state index in [0.717, 1.165) is 51.4 Å². The Hall–Kier alpha value is -1.16. The first-order valence-electron chi connectivity index (χ1n) is 34.6. The fourth-order valence-electron chi connectivity index (χ4n) is 11.5. The third-order valence-corrected chi connectivity index (χ3v) is 17.3. The van der Waals surface area contributed by atoms with Gasteiger partial charge in [-0.2, -0.15) is 8.42 Å². The third kappa shape index (κ3) is 48.1. The molecule has 1 saturated heterocycles. The van der Waals surface area contributed by atoms with Crippen molar-refractivity contribution < 1.29 is 51.8 Å². The number of hydrogen-bond acceptors (Lipinski definition) is 10. The van der Waals surface area contributed by atoms with Crippen LogP contribution in [-0.4, -0.2) is 95.4 Å². The van der Waals surface area contributed by atoms with Crippen molar-refractivity contribution in [3.8, 4) is 0 Å². The summed E-state index contributed by atoms with van der Waals surface area (Å²) in [5, 5.41) is 45.3. The smallest absolute Gasteiger partial charge is 0.394 e. The SMILES string of the molecule is CCCCCCCCCCCCCC/C=C\CCCCCCCCCCCCCCC(=O)NC(COC1OC(CO)C(O)C(OS(=O)(=O)O)C1O)C(O)CCCCCCCCCCCCCCCCCCCCCCCCCCC. The van der Waals surface area contributed by atoms with Crippen LogP contribution in [0.3, 0.4) is 0 Å². The number of ether oxygens (including phenoxy) is 2. The van der Waals surface area contributed by atoms with Gasteiger partial charge in [-0.1, -0.05) is 321 Å². The first-order valence-corrected chi connectivity index (χ1v) is 35.9. The van der Waals surface area contributed by atoms with Crippen molar-refractivity contribution >= 4 is 16.3 Å². The molecule has 0 aromatic carbocycles. The Morgan fingerprint density at radius 3 is 1.12 bits per heavy atom. The fraction of sp³-hybridized carbons (Fsp3) is 0.955. The molecule has 0 aliphatic carbocycles. The van der Waals surface area contributed by atoms with Crippen LogP contribution in [0.25, 0.3) is 0 Å². The molecule has 80 heavy (non-hydrogen) atoms. The largest absolute Gasteiger partial charge is 0.397 e. The number of hydrogen-bond donors (Lipinski definition) is 6. The maximum Gasteiger partial charge on any atom is 0.397 e. The average molecular weight is 1160 g/mol. The molecule has 7 unspecified atom stereocenters. The maximum absolute atomic E-state index is 13.2. The summed E-state index contributed by atoms with van der Waals surface area (Å²) in [6.45, 7) is 3.53. The Bertz CT molecular complexity index is 1450. The molecule has 0 aromatic rings. The van der Waals surface area contributed by atoms with Crippen molar-refractivity contribution in [3.05, 3.63) is 12.2 Å². The van der Waals surface area contributed by atoms with Gasteiger partial charge in [0, 0.05) is 6.42 Å². The lowest BCUT2D eigenvalue weighted by atomic mass is 9.99. The Morgan fingerprint density at radius 1 is 0.487 bits per heavy atom. The molecule has 1 heterocycles. The minimum absolute atomic E-state index is 0.223. The lowest BCUT2D eigenvalue weighted by Crippen LogP contribution is -2.61. The molecule has 6 N–H and O–H groups in total. The summed E-state index contributed by atoms with van der Waals surface area (Å²) in [5.74, 6) is -0.223. The van der Waals surface area contributed by atoms with Gasteiger partial charge in [-0.15, -0.1) is 0 Å². The van der Waals surface area contributed by atoms with Crippen LogP contribution < -0.4 is 5.32 Å². The van der Waals surface area contributed by atoms with Gasteiger partial charge in [-0.3, -0.25) is 9.35 Å². The summed E-state index contributed by atoms with van der Waals surface area (Å²) in [4.78, 5) is 13.2. The van der Waals surface area contributed by atoms with Crippen molar-refractivity contribution in [2.75, 3.05) is 13.2 Å².